The topological polar surface area (TPSA) is 74.8 Å². The van der Waals surface area contributed by atoms with Gasteiger partial charge >= 0.3 is 0 Å². The standard InChI is InChI=1S/C21H24N4O3/c1-28-17-6-4-5-16(15-17)23-19(26)21(8-9-21)20(27)25-13-11-24(12-14-25)18-7-2-3-10-22-18/h2-7,10,15H,8-9,11-14H2,1H3,(H,23,26). The first kappa shape index (κ1) is 18.3. The van der Waals surface area contributed by atoms with E-state index in [1.165, 1.54) is 0 Å². The number of rotatable bonds is 5. The van der Waals surface area contributed by atoms with Crippen molar-refractivity contribution >= 4 is 23.3 Å². The highest BCUT2D eigenvalue weighted by atomic mass is 16.5. The Labute approximate surface area is 164 Å². The van der Waals surface area contributed by atoms with Crippen LogP contribution in [0.5, 0.6) is 5.75 Å². The first-order chi connectivity index (χ1) is 13.6. The lowest BCUT2D eigenvalue weighted by Crippen LogP contribution is -2.52. The predicted molar refractivity (Wildman–Crippen MR) is 106 cm³/mol. The van der Waals surface area contributed by atoms with E-state index in [2.05, 4.69) is 15.2 Å². The summed E-state index contributed by atoms with van der Waals surface area (Å²) in [6.45, 7) is 2.64. The summed E-state index contributed by atoms with van der Waals surface area (Å²) in [4.78, 5) is 34.3. The number of carbonyl (C=O) groups excluding carboxylic acids is 2. The molecule has 7 nitrogen and oxygen atoms in total. The fourth-order valence-electron chi connectivity index (χ4n) is 3.60. The van der Waals surface area contributed by atoms with Crippen molar-refractivity contribution < 1.29 is 14.3 Å². The highest BCUT2D eigenvalue weighted by Gasteiger charge is 2.58. The monoisotopic (exact) mass is 380 g/mol. The van der Waals surface area contributed by atoms with Crippen LogP contribution in [-0.2, 0) is 9.59 Å². The van der Waals surface area contributed by atoms with Crippen LogP contribution in [0, 0.1) is 5.41 Å². The normalized spacial score (nSPS) is 17.8. The fourth-order valence-corrected chi connectivity index (χ4v) is 3.60. The lowest BCUT2D eigenvalue weighted by molar-refractivity contribution is -0.142. The molecular formula is C21H24N4O3. The summed E-state index contributed by atoms with van der Waals surface area (Å²) in [5, 5.41) is 2.89. The number of pyridine rings is 1. The van der Waals surface area contributed by atoms with Crippen LogP contribution in [0.4, 0.5) is 11.5 Å². The lowest BCUT2D eigenvalue weighted by Gasteiger charge is -2.36. The molecule has 1 aliphatic carbocycles. The molecule has 0 unspecified atom stereocenters. The number of nitrogens with zero attached hydrogens (tertiary/aromatic N) is 3. The Morgan fingerprint density at radius 1 is 1.07 bits per heavy atom. The van der Waals surface area contributed by atoms with Gasteiger partial charge in [0.15, 0.2) is 0 Å². The third-order valence-corrected chi connectivity index (χ3v) is 5.46. The molecule has 2 heterocycles. The van der Waals surface area contributed by atoms with Crippen LogP contribution in [0.3, 0.4) is 0 Å². The van der Waals surface area contributed by atoms with Gasteiger partial charge in [-0.25, -0.2) is 4.98 Å². The zero-order valence-corrected chi connectivity index (χ0v) is 15.9. The van der Waals surface area contributed by atoms with E-state index in [0.717, 1.165) is 18.9 Å². The summed E-state index contributed by atoms with van der Waals surface area (Å²) in [5.41, 5.74) is -0.278. The molecule has 2 fully saturated rings. The Hall–Kier alpha value is -3.09. The maximum absolute atomic E-state index is 13.1. The number of amides is 2. The molecule has 1 N–H and O–H groups in total. The maximum atomic E-state index is 13.1. The Kier molecular flexibility index (Phi) is 4.90. The fraction of sp³-hybridized carbons (Fsp3) is 0.381. The first-order valence-electron chi connectivity index (χ1n) is 9.53. The van der Waals surface area contributed by atoms with Crippen LogP contribution < -0.4 is 15.0 Å². The van der Waals surface area contributed by atoms with Crippen molar-refractivity contribution in [3.05, 3.63) is 48.7 Å². The second-order valence-corrected chi connectivity index (χ2v) is 7.24. The molecule has 1 aliphatic heterocycles. The zero-order valence-electron chi connectivity index (χ0n) is 15.9. The van der Waals surface area contributed by atoms with Crippen molar-refractivity contribution in [3.8, 4) is 5.75 Å². The number of ether oxygens (including phenoxy) is 1. The molecule has 0 atom stereocenters. The molecule has 0 bridgehead atoms. The van der Waals surface area contributed by atoms with Gasteiger partial charge in [0.25, 0.3) is 0 Å². The molecule has 7 heteroatoms. The zero-order chi connectivity index (χ0) is 19.6. The summed E-state index contributed by atoms with van der Waals surface area (Å²) < 4.78 is 5.19. The number of nitrogens with one attached hydrogen (secondary N) is 1. The number of carbonyl (C=O) groups is 2. The third-order valence-electron chi connectivity index (χ3n) is 5.46. The Morgan fingerprint density at radius 3 is 2.50 bits per heavy atom. The minimum atomic E-state index is -0.920. The molecule has 2 amide bonds. The average Bonchev–Trinajstić information content (AvgIpc) is 3.56. The van der Waals surface area contributed by atoms with Gasteiger partial charge in [-0.2, -0.15) is 0 Å². The number of hydrogen-bond donors (Lipinski definition) is 1. The SMILES string of the molecule is COc1cccc(NC(=O)C2(C(=O)N3CCN(c4ccccn4)CC3)CC2)c1. The summed E-state index contributed by atoms with van der Waals surface area (Å²) >= 11 is 0. The molecule has 2 aliphatic rings. The minimum absolute atomic E-state index is 0.0615. The van der Waals surface area contributed by atoms with Gasteiger partial charge in [0.2, 0.25) is 11.8 Å². The number of anilines is 2. The summed E-state index contributed by atoms with van der Waals surface area (Å²) in [6.07, 6.45) is 2.97. The Bertz CT molecular complexity index is 859. The number of benzene rings is 1. The molecule has 2 aromatic rings. The summed E-state index contributed by atoms with van der Waals surface area (Å²) in [5.74, 6) is 1.30. The van der Waals surface area contributed by atoms with E-state index in [0.29, 0.717) is 37.4 Å². The van der Waals surface area contributed by atoms with Gasteiger partial charge in [0.1, 0.15) is 17.0 Å². The van der Waals surface area contributed by atoms with Crippen molar-refractivity contribution in [1.29, 1.82) is 0 Å². The number of methoxy groups -OCH3 is 1. The maximum Gasteiger partial charge on any atom is 0.240 e. The highest BCUT2D eigenvalue weighted by molar-refractivity contribution is 6.13. The van der Waals surface area contributed by atoms with Crippen molar-refractivity contribution in [2.45, 2.75) is 12.8 Å². The van der Waals surface area contributed by atoms with Gasteiger partial charge in [0, 0.05) is 44.1 Å². The van der Waals surface area contributed by atoms with E-state index in [1.807, 2.05) is 35.2 Å². The number of aromatic nitrogens is 1. The molecule has 0 radical (unpaired) electrons. The second kappa shape index (κ2) is 7.50. The lowest BCUT2D eigenvalue weighted by atomic mass is 10.0. The third kappa shape index (κ3) is 3.52. The van der Waals surface area contributed by atoms with E-state index >= 15 is 0 Å². The average molecular weight is 380 g/mol. The van der Waals surface area contributed by atoms with Crippen molar-refractivity contribution in [2.24, 2.45) is 5.41 Å². The van der Waals surface area contributed by atoms with Gasteiger partial charge in [-0.1, -0.05) is 12.1 Å². The molecule has 1 aromatic carbocycles. The van der Waals surface area contributed by atoms with E-state index in [1.54, 1.807) is 25.4 Å². The van der Waals surface area contributed by atoms with Gasteiger partial charge < -0.3 is 19.9 Å². The van der Waals surface area contributed by atoms with Crippen LogP contribution in [0.15, 0.2) is 48.7 Å². The Balaban J connectivity index is 1.38. The predicted octanol–water partition coefficient (Wildman–Crippen LogP) is 2.16. The van der Waals surface area contributed by atoms with Crippen molar-refractivity contribution in [3.63, 3.8) is 0 Å². The molecular weight excluding hydrogens is 356 g/mol. The highest BCUT2D eigenvalue weighted by Crippen LogP contribution is 2.48. The first-order valence-corrected chi connectivity index (χ1v) is 9.53. The Morgan fingerprint density at radius 2 is 1.86 bits per heavy atom. The van der Waals surface area contributed by atoms with Crippen LogP contribution in [0.1, 0.15) is 12.8 Å². The van der Waals surface area contributed by atoms with Crippen LogP contribution in [0.2, 0.25) is 0 Å². The number of hydrogen-bond acceptors (Lipinski definition) is 5. The van der Waals surface area contributed by atoms with Crippen LogP contribution in [-0.4, -0.2) is 55.0 Å². The van der Waals surface area contributed by atoms with Crippen LogP contribution >= 0.6 is 0 Å². The minimum Gasteiger partial charge on any atom is -0.497 e. The van der Waals surface area contributed by atoms with Gasteiger partial charge in [-0.15, -0.1) is 0 Å². The largest absolute Gasteiger partial charge is 0.497 e. The smallest absolute Gasteiger partial charge is 0.240 e. The summed E-state index contributed by atoms with van der Waals surface area (Å²) in [7, 11) is 1.58. The second-order valence-electron chi connectivity index (χ2n) is 7.24. The van der Waals surface area contributed by atoms with Gasteiger partial charge in [0.05, 0.1) is 7.11 Å². The van der Waals surface area contributed by atoms with Crippen molar-refractivity contribution in [1.82, 2.24) is 9.88 Å². The van der Waals surface area contributed by atoms with Crippen molar-refractivity contribution in [2.75, 3.05) is 43.5 Å². The van der Waals surface area contributed by atoms with Gasteiger partial charge in [-0.3, -0.25) is 9.59 Å². The van der Waals surface area contributed by atoms with E-state index < -0.39 is 5.41 Å². The molecule has 1 saturated heterocycles. The molecule has 4 rings (SSSR count). The molecule has 146 valence electrons. The molecule has 28 heavy (non-hydrogen) atoms. The van der Waals surface area contributed by atoms with Crippen LogP contribution in [0.25, 0.3) is 0 Å². The van der Waals surface area contributed by atoms with E-state index in [9.17, 15) is 9.59 Å². The van der Waals surface area contributed by atoms with E-state index in [4.69, 9.17) is 4.74 Å². The quantitative estimate of drug-likeness (QED) is 0.805. The van der Waals surface area contributed by atoms with E-state index in [-0.39, 0.29) is 11.8 Å². The molecule has 1 saturated carbocycles. The molecule has 0 spiro atoms. The van der Waals surface area contributed by atoms with Gasteiger partial charge in [-0.05, 0) is 37.1 Å². The molecule has 1 aromatic heterocycles. The summed E-state index contributed by atoms with van der Waals surface area (Å²) in [6, 6.07) is 13.0. The number of piperazine rings is 1.